The summed E-state index contributed by atoms with van der Waals surface area (Å²) >= 11 is 0. The van der Waals surface area contributed by atoms with Crippen LogP contribution in [0, 0.1) is 0 Å². The molecule has 11 heavy (non-hydrogen) atoms. The minimum atomic E-state index is 0.281. The lowest BCUT2D eigenvalue weighted by Gasteiger charge is -2.13. The molecule has 0 fully saturated rings. The van der Waals surface area contributed by atoms with E-state index in [4.69, 9.17) is 4.74 Å². The molecule has 0 aromatic rings. The maximum Gasteiger partial charge on any atom is 0.0789 e. The Morgan fingerprint density at radius 3 is 3.09 bits per heavy atom. The van der Waals surface area contributed by atoms with Crippen molar-refractivity contribution in [1.29, 1.82) is 0 Å². The summed E-state index contributed by atoms with van der Waals surface area (Å²) in [7, 11) is 1.74. The Hall–Kier alpha value is -0.820. The Balaban J connectivity index is 2.45. The van der Waals surface area contributed by atoms with E-state index < -0.39 is 0 Å². The maximum absolute atomic E-state index is 5.16. The van der Waals surface area contributed by atoms with Crippen LogP contribution in [0.2, 0.25) is 0 Å². The molecule has 0 amide bonds. The molecule has 0 saturated heterocycles. The molecule has 0 bridgehead atoms. The summed E-state index contributed by atoms with van der Waals surface area (Å²) in [5.74, 6) is 0. The van der Waals surface area contributed by atoms with Crippen LogP contribution in [0.4, 0.5) is 0 Å². The highest BCUT2D eigenvalue weighted by molar-refractivity contribution is 5.26. The summed E-state index contributed by atoms with van der Waals surface area (Å²) in [6.45, 7) is 3.69. The molecule has 60 valence electrons. The van der Waals surface area contributed by atoms with Gasteiger partial charge in [-0.2, -0.15) is 0 Å². The number of ether oxygens (including phenoxy) is 1. The fraction of sp³-hybridized carbons (Fsp3) is 0.400. The molecule has 1 heteroatoms. The zero-order chi connectivity index (χ0) is 8.10. The summed E-state index contributed by atoms with van der Waals surface area (Å²) in [5, 5.41) is 0. The first-order valence-corrected chi connectivity index (χ1v) is 3.87. The second-order valence-corrected chi connectivity index (χ2v) is 2.64. The molecular formula is C10H14O. The molecular weight excluding hydrogens is 136 g/mol. The number of hydrogen-bond acceptors (Lipinski definition) is 1. The molecule has 1 nitrogen and oxygen atoms in total. The van der Waals surface area contributed by atoms with Crippen molar-refractivity contribution in [2.75, 3.05) is 7.11 Å². The highest BCUT2D eigenvalue weighted by Gasteiger charge is 2.05. The Labute approximate surface area is 68.1 Å². The fourth-order valence-electron chi connectivity index (χ4n) is 1.14. The van der Waals surface area contributed by atoms with Crippen molar-refractivity contribution < 1.29 is 4.74 Å². The third-order valence-electron chi connectivity index (χ3n) is 1.82. The molecule has 1 rings (SSSR count). The van der Waals surface area contributed by atoms with E-state index in [-0.39, 0.29) is 6.10 Å². The number of rotatable bonds is 3. The lowest BCUT2D eigenvalue weighted by molar-refractivity contribution is 0.142. The van der Waals surface area contributed by atoms with Crippen molar-refractivity contribution in [2.24, 2.45) is 0 Å². The van der Waals surface area contributed by atoms with E-state index in [1.165, 1.54) is 5.57 Å². The number of allylic oxidation sites excluding steroid dienone is 3. The SMILES string of the molecule is C=CCC1=CCC(OC)C=C1. The monoisotopic (exact) mass is 150 g/mol. The summed E-state index contributed by atoms with van der Waals surface area (Å²) < 4.78 is 5.16. The van der Waals surface area contributed by atoms with E-state index in [1.54, 1.807) is 7.11 Å². The molecule has 0 spiro atoms. The van der Waals surface area contributed by atoms with Gasteiger partial charge >= 0.3 is 0 Å². The van der Waals surface area contributed by atoms with E-state index in [9.17, 15) is 0 Å². The van der Waals surface area contributed by atoms with Gasteiger partial charge in [0, 0.05) is 7.11 Å². The van der Waals surface area contributed by atoms with Crippen LogP contribution in [0.1, 0.15) is 12.8 Å². The maximum atomic E-state index is 5.16. The largest absolute Gasteiger partial charge is 0.377 e. The van der Waals surface area contributed by atoms with Gasteiger partial charge in [-0.25, -0.2) is 0 Å². The summed E-state index contributed by atoms with van der Waals surface area (Å²) in [6, 6.07) is 0. The van der Waals surface area contributed by atoms with Crippen molar-refractivity contribution in [3.8, 4) is 0 Å². The minimum Gasteiger partial charge on any atom is -0.377 e. The Morgan fingerprint density at radius 2 is 2.64 bits per heavy atom. The van der Waals surface area contributed by atoms with Crippen LogP contribution >= 0.6 is 0 Å². The molecule has 1 aliphatic carbocycles. The van der Waals surface area contributed by atoms with Gasteiger partial charge < -0.3 is 4.74 Å². The topological polar surface area (TPSA) is 9.23 Å². The molecule has 0 radical (unpaired) electrons. The molecule has 0 aromatic heterocycles. The van der Waals surface area contributed by atoms with Crippen molar-refractivity contribution in [1.82, 2.24) is 0 Å². The zero-order valence-electron chi connectivity index (χ0n) is 6.92. The van der Waals surface area contributed by atoms with Crippen molar-refractivity contribution >= 4 is 0 Å². The first-order chi connectivity index (χ1) is 5.36. The van der Waals surface area contributed by atoms with Crippen LogP contribution in [-0.4, -0.2) is 13.2 Å². The second kappa shape index (κ2) is 4.14. The average molecular weight is 150 g/mol. The van der Waals surface area contributed by atoms with Crippen molar-refractivity contribution in [3.05, 3.63) is 36.5 Å². The van der Waals surface area contributed by atoms with Gasteiger partial charge in [-0.1, -0.05) is 24.3 Å². The Morgan fingerprint density at radius 1 is 1.82 bits per heavy atom. The number of methoxy groups -OCH3 is 1. The van der Waals surface area contributed by atoms with Crippen LogP contribution in [-0.2, 0) is 4.74 Å². The quantitative estimate of drug-likeness (QED) is 0.561. The third kappa shape index (κ3) is 2.35. The molecule has 0 saturated carbocycles. The predicted molar refractivity (Wildman–Crippen MR) is 47.5 cm³/mol. The Kier molecular flexibility index (Phi) is 3.12. The molecule has 1 aliphatic rings. The second-order valence-electron chi connectivity index (χ2n) is 2.64. The van der Waals surface area contributed by atoms with Crippen LogP contribution in [0.15, 0.2) is 36.5 Å². The first-order valence-electron chi connectivity index (χ1n) is 3.87. The summed E-state index contributed by atoms with van der Waals surface area (Å²) in [5.41, 5.74) is 1.34. The van der Waals surface area contributed by atoms with Crippen LogP contribution in [0.25, 0.3) is 0 Å². The van der Waals surface area contributed by atoms with Gasteiger partial charge in [0.15, 0.2) is 0 Å². The number of hydrogen-bond donors (Lipinski definition) is 0. The van der Waals surface area contributed by atoms with E-state index in [2.05, 4.69) is 24.8 Å². The van der Waals surface area contributed by atoms with E-state index in [0.29, 0.717) is 0 Å². The smallest absolute Gasteiger partial charge is 0.0789 e. The van der Waals surface area contributed by atoms with Gasteiger partial charge in [0.05, 0.1) is 6.10 Å². The normalized spacial score (nSPS) is 23.0. The summed E-state index contributed by atoms with van der Waals surface area (Å²) in [6.07, 6.45) is 10.6. The molecule has 1 unspecified atom stereocenters. The lowest BCUT2D eigenvalue weighted by Crippen LogP contribution is -2.08. The van der Waals surface area contributed by atoms with E-state index in [1.807, 2.05) is 6.08 Å². The first kappa shape index (κ1) is 8.28. The molecule has 0 N–H and O–H groups in total. The third-order valence-corrected chi connectivity index (χ3v) is 1.82. The van der Waals surface area contributed by atoms with Gasteiger partial charge in [-0.15, -0.1) is 6.58 Å². The minimum absolute atomic E-state index is 0.281. The summed E-state index contributed by atoms with van der Waals surface area (Å²) in [4.78, 5) is 0. The van der Waals surface area contributed by atoms with E-state index >= 15 is 0 Å². The van der Waals surface area contributed by atoms with Gasteiger partial charge in [0.25, 0.3) is 0 Å². The Bertz CT molecular complexity index is 189. The predicted octanol–water partition coefficient (Wildman–Crippen LogP) is 2.46. The highest BCUT2D eigenvalue weighted by atomic mass is 16.5. The van der Waals surface area contributed by atoms with Gasteiger partial charge in [0.1, 0.15) is 0 Å². The van der Waals surface area contributed by atoms with Crippen molar-refractivity contribution in [2.45, 2.75) is 18.9 Å². The average Bonchev–Trinajstić information content (AvgIpc) is 2.07. The molecule has 1 atom stereocenters. The standard InChI is InChI=1S/C10H14O/c1-3-4-9-5-7-10(11-2)8-6-9/h3,5-7,10H,1,4,8H2,2H3. The van der Waals surface area contributed by atoms with Gasteiger partial charge in [0.2, 0.25) is 0 Å². The van der Waals surface area contributed by atoms with Crippen LogP contribution in [0.3, 0.4) is 0 Å². The highest BCUT2D eigenvalue weighted by Crippen LogP contribution is 2.15. The van der Waals surface area contributed by atoms with Crippen LogP contribution in [0.5, 0.6) is 0 Å². The van der Waals surface area contributed by atoms with E-state index in [0.717, 1.165) is 12.8 Å². The molecule has 0 heterocycles. The lowest BCUT2D eigenvalue weighted by atomic mass is 10.0. The zero-order valence-corrected chi connectivity index (χ0v) is 6.92. The fourth-order valence-corrected chi connectivity index (χ4v) is 1.14. The van der Waals surface area contributed by atoms with Gasteiger partial charge in [-0.3, -0.25) is 0 Å². The molecule has 0 aliphatic heterocycles. The van der Waals surface area contributed by atoms with Crippen molar-refractivity contribution in [3.63, 3.8) is 0 Å². The van der Waals surface area contributed by atoms with Gasteiger partial charge in [-0.05, 0) is 18.4 Å². The molecule has 0 aromatic carbocycles. The van der Waals surface area contributed by atoms with Crippen LogP contribution < -0.4 is 0 Å².